The van der Waals surface area contributed by atoms with E-state index >= 15 is 0 Å². The standard InChI is InChI=1S/C9H10N4O2/c1-6-8(5-12(2)10-6)13-4-3-7(11-13)9(14)15/h3-5H,1-2H3,(H,14,15). The number of carbonyl (C=O) groups is 1. The Morgan fingerprint density at radius 2 is 2.20 bits per heavy atom. The van der Waals surface area contributed by atoms with E-state index in [1.807, 2.05) is 6.92 Å². The number of rotatable bonds is 2. The summed E-state index contributed by atoms with van der Waals surface area (Å²) in [6, 6.07) is 1.45. The molecule has 2 heterocycles. The maximum absolute atomic E-state index is 10.6. The molecule has 0 aliphatic rings. The molecule has 0 aliphatic heterocycles. The smallest absolute Gasteiger partial charge is 0.356 e. The number of aryl methyl sites for hydroxylation is 2. The number of hydrogen-bond donors (Lipinski definition) is 1. The largest absolute Gasteiger partial charge is 0.476 e. The number of carboxylic acid groups (broad SMARTS) is 1. The molecule has 2 aromatic rings. The van der Waals surface area contributed by atoms with Crippen LogP contribution in [0.2, 0.25) is 0 Å². The summed E-state index contributed by atoms with van der Waals surface area (Å²) >= 11 is 0. The van der Waals surface area contributed by atoms with Gasteiger partial charge in [0.1, 0.15) is 5.69 Å². The van der Waals surface area contributed by atoms with Gasteiger partial charge in [0.15, 0.2) is 5.69 Å². The molecule has 1 N–H and O–H groups in total. The molecule has 2 rings (SSSR count). The van der Waals surface area contributed by atoms with E-state index in [0.29, 0.717) is 0 Å². The zero-order valence-corrected chi connectivity index (χ0v) is 8.38. The number of aromatic carboxylic acids is 1. The highest BCUT2D eigenvalue weighted by Crippen LogP contribution is 2.11. The summed E-state index contributed by atoms with van der Waals surface area (Å²) in [7, 11) is 1.80. The molecule has 0 saturated carbocycles. The minimum atomic E-state index is -1.03. The normalized spacial score (nSPS) is 10.5. The Labute approximate surface area is 85.8 Å². The topological polar surface area (TPSA) is 72.9 Å². The first-order chi connectivity index (χ1) is 7.08. The molecule has 2 aromatic heterocycles. The van der Waals surface area contributed by atoms with Crippen molar-refractivity contribution in [1.82, 2.24) is 19.6 Å². The van der Waals surface area contributed by atoms with Gasteiger partial charge in [-0.05, 0) is 13.0 Å². The SMILES string of the molecule is Cc1nn(C)cc1-n1ccc(C(=O)O)n1. The average molecular weight is 206 g/mol. The van der Waals surface area contributed by atoms with Crippen LogP contribution in [0.3, 0.4) is 0 Å². The van der Waals surface area contributed by atoms with Crippen LogP contribution < -0.4 is 0 Å². The molecule has 0 aliphatic carbocycles. The summed E-state index contributed by atoms with van der Waals surface area (Å²) in [4.78, 5) is 10.6. The van der Waals surface area contributed by atoms with Crippen LogP contribution in [0.4, 0.5) is 0 Å². The van der Waals surface area contributed by atoms with Gasteiger partial charge in [-0.25, -0.2) is 9.48 Å². The van der Waals surface area contributed by atoms with E-state index in [0.717, 1.165) is 11.4 Å². The van der Waals surface area contributed by atoms with Crippen molar-refractivity contribution in [2.45, 2.75) is 6.92 Å². The van der Waals surface area contributed by atoms with Crippen molar-refractivity contribution in [2.24, 2.45) is 7.05 Å². The zero-order chi connectivity index (χ0) is 11.0. The molecule has 6 nitrogen and oxygen atoms in total. The molecule has 6 heteroatoms. The van der Waals surface area contributed by atoms with E-state index in [9.17, 15) is 4.79 Å². The van der Waals surface area contributed by atoms with E-state index in [2.05, 4.69) is 10.2 Å². The lowest BCUT2D eigenvalue weighted by Crippen LogP contribution is -2.01. The average Bonchev–Trinajstić information content (AvgIpc) is 2.71. The second-order valence-corrected chi connectivity index (χ2v) is 3.22. The predicted octanol–water partition coefficient (Wildman–Crippen LogP) is 0.612. The van der Waals surface area contributed by atoms with E-state index in [1.165, 1.54) is 10.7 Å². The summed E-state index contributed by atoms with van der Waals surface area (Å²) in [6.07, 6.45) is 3.39. The van der Waals surface area contributed by atoms with Crippen molar-refractivity contribution >= 4 is 5.97 Å². The molecule has 0 aromatic carbocycles. The predicted molar refractivity (Wildman–Crippen MR) is 52.0 cm³/mol. The molecule has 15 heavy (non-hydrogen) atoms. The highest BCUT2D eigenvalue weighted by Gasteiger charge is 2.10. The highest BCUT2D eigenvalue weighted by atomic mass is 16.4. The molecule has 0 fully saturated rings. The summed E-state index contributed by atoms with van der Waals surface area (Å²) < 4.78 is 3.17. The fourth-order valence-corrected chi connectivity index (χ4v) is 1.38. The maximum Gasteiger partial charge on any atom is 0.356 e. The van der Waals surface area contributed by atoms with Crippen molar-refractivity contribution in [3.8, 4) is 5.69 Å². The molecule has 0 bridgehead atoms. The Morgan fingerprint density at radius 3 is 2.67 bits per heavy atom. The molecule has 0 spiro atoms. The van der Waals surface area contributed by atoms with Crippen molar-refractivity contribution in [3.05, 3.63) is 29.8 Å². The lowest BCUT2D eigenvalue weighted by molar-refractivity contribution is 0.0690. The van der Waals surface area contributed by atoms with Crippen LogP contribution in [0.1, 0.15) is 16.2 Å². The molecule has 0 atom stereocenters. The van der Waals surface area contributed by atoms with E-state index in [1.54, 1.807) is 24.1 Å². The van der Waals surface area contributed by atoms with Crippen molar-refractivity contribution in [3.63, 3.8) is 0 Å². The first-order valence-electron chi connectivity index (χ1n) is 4.37. The number of hydrogen-bond acceptors (Lipinski definition) is 3. The van der Waals surface area contributed by atoms with E-state index in [4.69, 9.17) is 5.11 Å². The number of carboxylic acids is 1. The van der Waals surface area contributed by atoms with E-state index < -0.39 is 5.97 Å². The third-order valence-corrected chi connectivity index (χ3v) is 2.04. The van der Waals surface area contributed by atoms with Gasteiger partial charge in [0, 0.05) is 13.2 Å². The summed E-state index contributed by atoms with van der Waals surface area (Å²) in [5.41, 5.74) is 1.61. The van der Waals surface area contributed by atoms with Crippen LogP contribution in [0, 0.1) is 6.92 Å². The van der Waals surface area contributed by atoms with Gasteiger partial charge >= 0.3 is 5.97 Å². The van der Waals surface area contributed by atoms with Gasteiger partial charge in [0.25, 0.3) is 0 Å². The second-order valence-electron chi connectivity index (χ2n) is 3.22. The highest BCUT2D eigenvalue weighted by molar-refractivity contribution is 5.85. The van der Waals surface area contributed by atoms with Gasteiger partial charge in [0.2, 0.25) is 0 Å². The van der Waals surface area contributed by atoms with Gasteiger partial charge in [-0.2, -0.15) is 10.2 Å². The van der Waals surface area contributed by atoms with Crippen molar-refractivity contribution < 1.29 is 9.90 Å². The number of nitrogens with zero attached hydrogens (tertiary/aromatic N) is 4. The first-order valence-corrected chi connectivity index (χ1v) is 4.37. The minimum Gasteiger partial charge on any atom is -0.476 e. The summed E-state index contributed by atoms with van der Waals surface area (Å²) in [6.45, 7) is 1.84. The molecular formula is C9H10N4O2. The van der Waals surface area contributed by atoms with Crippen LogP contribution in [0.15, 0.2) is 18.5 Å². The molecule has 0 unspecified atom stereocenters. The molecule has 78 valence electrons. The van der Waals surface area contributed by atoms with E-state index in [-0.39, 0.29) is 5.69 Å². The monoisotopic (exact) mass is 206 g/mol. The fraction of sp³-hybridized carbons (Fsp3) is 0.222. The molecule has 0 radical (unpaired) electrons. The Hall–Kier alpha value is -2.11. The Morgan fingerprint density at radius 1 is 1.47 bits per heavy atom. The summed E-state index contributed by atoms with van der Waals surface area (Å²) in [5.74, 6) is -1.03. The van der Waals surface area contributed by atoms with Crippen molar-refractivity contribution in [1.29, 1.82) is 0 Å². The minimum absolute atomic E-state index is 0.0262. The Kier molecular flexibility index (Phi) is 2.03. The summed E-state index contributed by atoms with van der Waals surface area (Å²) in [5, 5.41) is 16.8. The van der Waals surface area contributed by atoms with Crippen molar-refractivity contribution in [2.75, 3.05) is 0 Å². The molecular weight excluding hydrogens is 196 g/mol. The van der Waals surface area contributed by atoms with Gasteiger partial charge in [-0.15, -0.1) is 0 Å². The van der Waals surface area contributed by atoms with Gasteiger partial charge < -0.3 is 5.11 Å². The first kappa shape index (κ1) is 9.45. The molecule has 0 amide bonds. The third kappa shape index (κ3) is 1.61. The lowest BCUT2D eigenvalue weighted by atomic mass is 10.4. The zero-order valence-electron chi connectivity index (χ0n) is 8.38. The van der Waals surface area contributed by atoms with Crippen LogP contribution >= 0.6 is 0 Å². The van der Waals surface area contributed by atoms with Gasteiger partial charge in [-0.3, -0.25) is 4.68 Å². The number of aromatic nitrogens is 4. The molecule has 0 saturated heterocycles. The van der Waals surface area contributed by atoms with Gasteiger partial charge in [-0.1, -0.05) is 0 Å². The third-order valence-electron chi connectivity index (χ3n) is 2.04. The Balaban J connectivity index is 2.45. The lowest BCUT2D eigenvalue weighted by Gasteiger charge is -1.96. The quantitative estimate of drug-likeness (QED) is 0.781. The Bertz CT molecular complexity index is 512. The van der Waals surface area contributed by atoms with Crippen LogP contribution in [-0.2, 0) is 7.05 Å². The van der Waals surface area contributed by atoms with Crippen LogP contribution in [0.5, 0.6) is 0 Å². The maximum atomic E-state index is 10.6. The fourth-order valence-electron chi connectivity index (χ4n) is 1.38. The van der Waals surface area contributed by atoms with Gasteiger partial charge in [0.05, 0.1) is 11.9 Å². The van der Waals surface area contributed by atoms with Crippen LogP contribution in [0.25, 0.3) is 5.69 Å². The second kappa shape index (κ2) is 3.23. The van der Waals surface area contributed by atoms with Crippen LogP contribution in [-0.4, -0.2) is 30.6 Å².